The highest BCUT2D eigenvalue weighted by atomic mass is 28.4. The number of carbonyl (C=O) groups excluding carboxylic acids is 1. The lowest BCUT2D eigenvalue weighted by Gasteiger charge is -2.42. The molecule has 1 unspecified atom stereocenters. The van der Waals surface area contributed by atoms with Gasteiger partial charge in [-0.3, -0.25) is 4.79 Å². The molecule has 33 heavy (non-hydrogen) atoms. The minimum atomic E-state index is -2.10. The molecule has 2 aromatic carbocycles. The van der Waals surface area contributed by atoms with E-state index in [1.807, 2.05) is 39.8 Å². The number of benzene rings is 2. The maximum absolute atomic E-state index is 12.4. The number of aryl methyl sites for hydroxylation is 2. The third-order valence-corrected chi connectivity index (χ3v) is 13.5. The summed E-state index contributed by atoms with van der Waals surface area (Å²) in [5, 5.41) is 14.3. The number of nitrogens with one attached hydrogen (secondary N) is 1. The number of aliphatic hydroxyl groups is 1. The van der Waals surface area contributed by atoms with Gasteiger partial charge in [0.15, 0.2) is 0 Å². The molecule has 2 aromatic rings. The van der Waals surface area contributed by atoms with Crippen LogP contribution in [0.3, 0.4) is 0 Å². The molecule has 0 radical (unpaired) electrons. The highest BCUT2D eigenvalue weighted by Gasteiger charge is 2.47. The van der Waals surface area contributed by atoms with Crippen molar-refractivity contribution >= 4 is 19.9 Å². The molecule has 2 N–H and O–H groups in total. The number of anilines is 1. The van der Waals surface area contributed by atoms with Crippen molar-refractivity contribution in [3.63, 3.8) is 0 Å². The van der Waals surface area contributed by atoms with E-state index in [1.165, 1.54) is 0 Å². The summed E-state index contributed by atoms with van der Waals surface area (Å²) >= 11 is 0. The number of fused-ring (bicyclic) bond motifs is 1. The van der Waals surface area contributed by atoms with Crippen molar-refractivity contribution in [2.75, 3.05) is 5.32 Å². The van der Waals surface area contributed by atoms with Gasteiger partial charge in [-0.1, -0.05) is 47.6 Å². The Balaban J connectivity index is 2.04. The van der Waals surface area contributed by atoms with Crippen molar-refractivity contribution in [1.82, 2.24) is 0 Å². The topological polar surface area (TPSA) is 58.6 Å². The molecule has 0 saturated heterocycles. The molecule has 4 nitrogen and oxygen atoms in total. The average Bonchev–Trinajstić information content (AvgIpc) is 2.93. The fraction of sp³-hybridized carbons (Fsp3) is 0.536. The number of hydrogen-bond acceptors (Lipinski definition) is 3. The largest absolute Gasteiger partial charge is 0.543 e. The normalized spacial score (nSPS) is 16.8. The third-order valence-electron chi connectivity index (χ3n) is 7.55. The molecule has 0 fully saturated rings. The van der Waals surface area contributed by atoms with Gasteiger partial charge in [0.25, 0.3) is 8.32 Å². The number of aliphatic hydroxyl groups excluding tert-OH is 1. The molecule has 0 spiro atoms. The number of hydrogen-bond donors (Lipinski definition) is 2. The Morgan fingerprint density at radius 3 is 2.00 bits per heavy atom. The molecule has 1 heterocycles. The number of carbonyl (C=O) groups is 1. The molecule has 1 aliphatic heterocycles. The zero-order chi connectivity index (χ0) is 25.7. The summed E-state index contributed by atoms with van der Waals surface area (Å²) in [6.45, 7) is 21.3. The molecule has 1 amide bonds. The summed E-state index contributed by atoms with van der Waals surface area (Å²) in [5.74, 6) is 0.745. The lowest BCUT2D eigenvalue weighted by molar-refractivity contribution is -0.119. The molecule has 180 valence electrons. The van der Waals surface area contributed by atoms with Crippen LogP contribution in [0.1, 0.15) is 90.7 Å². The first-order valence-corrected chi connectivity index (χ1v) is 14.2. The quantitative estimate of drug-likeness (QED) is 0.424. The van der Waals surface area contributed by atoms with Gasteiger partial charge in [0.05, 0.1) is 6.79 Å². The van der Waals surface area contributed by atoms with Crippen molar-refractivity contribution in [2.24, 2.45) is 0 Å². The fourth-order valence-corrected chi connectivity index (χ4v) is 11.0. The summed E-state index contributed by atoms with van der Waals surface area (Å²) in [7, 11) is -2.10. The van der Waals surface area contributed by atoms with E-state index in [1.54, 1.807) is 12.1 Å². The van der Waals surface area contributed by atoms with Gasteiger partial charge in [-0.25, -0.2) is 0 Å². The van der Waals surface area contributed by atoms with Crippen LogP contribution in [-0.2, 0) is 10.2 Å². The Morgan fingerprint density at radius 2 is 1.52 bits per heavy atom. The minimum absolute atomic E-state index is 0.121. The van der Waals surface area contributed by atoms with E-state index in [0.717, 1.165) is 22.4 Å². The third kappa shape index (κ3) is 4.26. The zero-order valence-electron chi connectivity index (χ0n) is 22.9. The average molecular weight is 469 g/mol. The van der Waals surface area contributed by atoms with Gasteiger partial charge in [-0.15, -0.1) is 0 Å². The lowest BCUT2D eigenvalue weighted by Crippen LogP contribution is -2.50. The summed E-state index contributed by atoms with van der Waals surface area (Å²) < 4.78 is 15.7. The summed E-state index contributed by atoms with van der Waals surface area (Å²) in [5.41, 5.74) is 5.09. The van der Waals surface area contributed by atoms with Crippen molar-refractivity contribution < 1.29 is 15.7 Å². The van der Waals surface area contributed by atoms with Crippen LogP contribution in [0.5, 0.6) is 5.75 Å². The van der Waals surface area contributed by atoms with E-state index >= 15 is 0 Å². The van der Waals surface area contributed by atoms with Gasteiger partial charge in [-0.05, 0) is 96.4 Å². The Bertz CT molecular complexity index is 1060. The van der Waals surface area contributed by atoms with Gasteiger partial charge < -0.3 is 14.8 Å². The molecule has 0 bridgehead atoms. The van der Waals surface area contributed by atoms with Gasteiger partial charge in [0.1, 0.15) is 11.9 Å². The van der Waals surface area contributed by atoms with Crippen LogP contribution >= 0.6 is 0 Å². The van der Waals surface area contributed by atoms with Crippen LogP contribution in [-0.4, -0.2) is 19.3 Å². The summed E-state index contributed by atoms with van der Waals surface area (Å²) in [6, 6.07) is 7.84. The van der Waals surface area contributed by atoms with Gasteiger partial charge in [0.2, 0.25) is 5.91 Å². The van der Waals surface area contributed by atoms with Gasteiger partial charge in [0, 0.05) is 5.69 Å². The van der Waals surface area contributed by atoms with E-state index in [9.17, 15) is 9.90 Å². The molecule has 1 atom stereocenters. The van der Waals surface area contributed by atoms with Gasteiger partial charge in [-0.2, -0.15) is 0 Å². The summed E-state index contributed by atoms with van der Waals surface area (Å²) in [4.78, 5) is 12.4. The Morgan fingerprint density at radius 1 is 1.00 bits per heavy atom. The second-order valence-corrected chi connectivity index (χ2v) is 16.4. The molecule has 0 aromatic heterocycles. The Hall–Kier alpha value is -2.11. The van der Waals surface area contributed by atoms with Crippen LogP contribution in [0.25, 0.3) is 0 Å². The Kier molecular flexibility index (Phi) is 6.49. The first kappa shape index (κ1) is 24.0. The van der Waals surface area contributed by atoms with E-state index in [-0.39, 0.29) is 11.9 Å². The highest BCUT2D eigenvalue weighted by molar-refractivity contribution is 6.78. The smallest absolute Gasteiger partial charge is 0.258 e. The van der Waals surface area contributed by atoms with E-state index in [4.69, 9.17) is 5.80 Å². The predicted molar refractivity (Wildman–Crippen MR) is 140 cm³/mol. The van der Waals surface area contributed by atoms with Crippen molar-refractivity contribution in [2.45, 2.75) is 97.4 Å². The monoisotopic (exact) mass is 468 g/mol. The van der Waals surface area contributed by atoms with Crippen LogP contribution in [0.4, 0.5) is 5.69 Å². The first-order valence-electron chi connectivity index (χ1n) is 12.6. The van der Waals surface area contributed by atoms with Crippen molar-refractivity contribution in [3.8, 4) is 5.75 Å². The lowest BCUT2D eigenvalue weighted by atomic mass is 9.84. The fourth-order valence-electron chi connectivity index (χ4n) is 5.80. The highest BCUT2D eigenvalue weighted by Crippen LogP contribution is 2.44. The molecule has 0 saturated carbocycles. The SMILES string of the molecule is [2H]c1c(C(O)c2c(C)cc(O[Si](C(C)C)(C(C)C)C(C)C)cc2C)ccc2c1C(C)(C)C(=O)N2. The molecular formula is C28H41NO3Si. The predicted octanol–water partition coefficient (Wildman–Crippen LogP) is 7.17. The minimum Gasteiger partial charge on any atom is -0.543 e. The van der Waals surface area contributed by atoms with Crippen molar-refractivity contribution in [1.29, 1.82) is 0 Å². The standard InChI is InChI=1S/C28H41NO3Si/c1-16(2)33(17(3)4,18(5)6)32-22-13-19(7)25(20(8)14-22)26(30)21-11-12-24-23(15-21)28(9,10)27(31)29-24/h11-18,26,30H,1-10H3,(H,29,31)/i15D. The zero-order valence-corrected chi connectivity index (χ0v) is 22.9. The maximum Gasteiger partial charge on any atom is 0.258 e. The number of amides is 1. The molecule has 3 rings (SSSR count). The number of rotatable bonds is 7. The van der Waals surface area contributed by atoms with E-state index in [2.05, 4.69) is 46.9 Å². The second kappa shape index (κ2) is 8.92. The Labute approximate surface area is 202 Å². The van der Waals surface area contributed by atoms with Crippen LogP contribution in [0, 0.1) is 13.8 Å². The van der Waals surface area contributed by atoms with E-state index in [0.29, 0.717) is 33.4 Å². The van der Waals surface area contributed by atoms with Crippen LogP contribution < -0.4 is 9.74 Å². The molecular weight excluding hydrogens is 426 g/mol. The van der Waals surface area contributed by atoms with Crippen LogP contribution in [0.2, 0.25) is 16.6 Å². The van der Waals surface area contributed by atoms with Crippen molar-refractivity contribution in [3.05, 3.63) is 58.1 Å². The summed E-state index contributed by atoms with van der Waals surface area (Å²) in [6.07, 6.45) is -0.958. The van der Waals surface area contributed by atoms with Crippen LogP contribution in [0.15, 0.2) is 30.3 Å². The molecule has 5 heteroatoms. The first-order chi connectivity index (χ1) is 15.7. The molecule has 1 aliphatic rings. The van der Waals surface area contributed by atoms with Gasteiger partial charge >= 0.3 is 0 Å². The van der Waals surface area contributed by atoms with E-state index < -0.39 is 19.8 Å². The second-order valence-electron chi connectivity index (χ2n) is 11.1. The molecule has 0 aliphatic carbocycles. The maximum atomic E-state index is 12.4.